The number of benzene rings is 1. The minimum Gasteiger partial charge on any atom is -0.496 e. The van der Waals surface area contributed by atoms with Crippen molar-refractivity contribution in [3.63, 3.8) is 0 Å². The summed E-state index contributed by atoms with van der Waals surface area (Å²) in [6.45, 7) is 3.73. The van der Waals surface area contributed by atoms with Gasteiger partial charge in [0.15, 0.2) is 0 Å². The van der Waals surface area contributed by atoms with Gasteiger partial charge in [0.2, 0.25) is 0 Å². The van der Waals surface area contributed by atoms with Crippen LogP contribution in [0.5, 0.6) is 5.75 Å². The predicted octanol–water partition coefficient (Wildman–Crippen LogP) is 2.97. The number of ether oxygens (including phenoxy) is 1. The Morgan fingerprint density at radius 3 is 3.00 bits per heavy atom. The van der Waals surface area contributed by atoms with Crippen LogP contribution in [0.25, 0.3) is 10.9 Å². The van der Waals surface area contributed by atoms with Gasteiger partial charge in [0, 0.05) is 11.6 Å². The molecule has 0 bridgehead atoms. The fourth-order valence-corrected chi connectivity index (χ4v) is 1.64. The van der Waals surface area contributed by atoms with Crippen molar-refractivity contribution in [1.82, 2.24) is 4.98 Å². The second kappa shape index (κ2) is 4.13. The van der Waals surface area contributed by atoms with Gasteiger partial charge in [-0.05, 0) is 30.2 Å². The van der Waals surface area contributed by atoms with E-state index in [1.54, 1.807) is 13.3 Å². The van der Waals surface area contributed by atoms with Gasteiger partial charge in [0.1, 0.15) is 5.75 Å². The molecule has 15 heavy (non-hydrogen) atoms. The van der Waals surface area contributed by atoms with E-state index in [-0.39, 0.29) is 0 Å². The van der Waals surface area contributed by atoms with Crippen molar-refractivity contribution in [2.24, 2.45) is 0 Å². The minimum atomic E-state index is 0.867. The third kappa shape index (κ3) is 1.84. The van der Waals surface area contributed by atoms with E-state index in [1.165, 1.54) is 5.56 Å². The van der Waals surface area contributed by atoms with E-state index in [0.717, 1.165) is 23.1 Å². The lowest BCUT2D eigenvalue weighted by molar-refractivity contribution is 0.419. The Morgan fingerprint density at radius 2 is 2.27 bits per heavy atom. The Labute approximate surface area is 89.2 Å². The molecule has 2 heteroatoms. The lowest BCUT2D eigenvalue weighted by atomic mass is 10.1. The molecule has 0 aliphatic rings. The van der Waals surface area contributed by atoms with E-state index in [2.05, 4.69) is 23.7 Å². The highest BCUT2D eigenvalue weighted by Gasteiger charge is 2.02. The van der Waals surface area contributed by atoms with E-state index in [0.29, 0.717) is 0 Å². The Morgan fingerprint density at radius 1 is 1.40 bits per heavy atom. The molecule has 0 N–H and O–H groups in total. The van der Waals surface area contributed by atoms with Crippen LogP contribution < -0.4 is 4.74 Å². The van der Waals surface area contributed by atoms with Crippen molar-refractivity contribution in [2.45, 2.75) is 6.42 Å². The summed E-state index contributed by atoms with van der Waals surface area (Å²) < 4.78 is 5.29. The van der Waals surface area contributed by atoms with Gasteiger partial charge in [-0.1, -0.05) is 12.1 Å². The van der Waals surface area contributed by atoms with Crippen molar-refractivity contribution < 1.29 is 4.74 Å². The molecule has 0 aliphatic heterocycles. The molecule has 0 unspecified atom stereocenters. The van der Waals surface area contributed by atoms with E-state index in [1.807, 2.05) is 18.2 Å². The Bertz CT molecular complexity index is 491. The summed E-state index contributed by atoms with van der Waals surface area (Å²) in [6, 6.07) is 8.05. The maximum absolute atomic E-state index is 5.29. The summed E-state index contributed by atoms with van der Waals surface area (Å²) >= 11 is 0. The van der Waals surface area contributed by atoms with E-state index in [4.69, 9.17) is 4.74 Å². The molecule has 0 aliphatic carbocycles. The van der Waals surface area contributed by atoms with Gasteiger partial charge < -0.3 is 4.74 Å². The molecular weight excluding hydrogens is 186 g/mol. The number of rotatable bonds is 3. The van der Waals surface area contributed by atoms with Gasteiger partial charge in [-0.25, -0.2) is 0 Å². The Hall–Kier alpha value is -1.83. The van der Waals surface area contributed by atoms with Gasteiger partial charge >= 0.3 is 0 Å². The number of allylic oxidation sites excluding steroid dienone is 1. The van der Waals surface area contributed by atoms with Crippen molar-refractivity contribution >= 4 is 10.9 Å². The van der Waals surface area contributed by atoms with Crippen LogP contribution in [0.2, 0.25) is 0 Å². The molecule has 0 amide bonds. The average molecular weight is 199 g/mol. The molecule has 1 aromatic carbocycles. The van der Waals surface area contributed by atoms with Crippen LogP contribution in [0.3, 0.4) is 0 Å². The highest BCUT2D eigenvalue weighted by molar-refractivity contribution is 5.85. The molecule has 0 radical (unpaired) electrons. The molecule has 2 rings (SSSR count). The molecule has 1 heterocycles. The first kappa shape index (κ1) is 9.71. The fourth-order valence-electron chi connectivity index (χ4n) is 1.64. The normalized spacial score (nSPS) is 10.2. The topological polar surface area (TPSA) is 22.1 Å². The number of pyridine rings is 1. The summed E-state index contributed by atoms with van der Waals surface area (Å²) in [5.74, 6) is 0.867. The van der Waals surface area contributed by atoms with Crippen LogP contribution in [0.15, 0.2) is 43.1 Å². The SMILES string of the molecule is C=CCc1ccc2nccc(OC)c2c1. The van der Waals surface area contributed by atoms with Gasteiger partial charge in [-0.15, -0.1) is 6.58 Å². The maximum atomic E-state index is 5.29. The highest BCUT2D eigenvalue weighted by atomic mass is 16.5. The lowest BCUT2D eigenvalue weighted by Gasteiger charge is -2.05. The third-order valence-electron chi connectivity index (χ3n) is 2.37. The molecule has 2 aromatic rings. The van der Waals surface area contributed by atoms with Crippen LogP contribution in [-0.2, 0) is 6.42 Å². The molecule has 2 nitrogen and oxygen atoms in total. The molecule has 0 spiro atoms. The summed E-state index contributed by atoms with van der Waals surface area (Å²) in [7, 11) is 1.68. The molecular formula is C13H13NO. The smallest absolute Gasteiger partial charge is 0.129 e. The maximum Gasteiger partial charge on any atom is 0.129 e. The summed E-state index contributed by atoms with van der Waals surface area (Å²) in [4.78, 5) is 4.29. The monoisotopic (exact) mass is 199 g/mol. The summed E-state index contributed by atoms with van der Waals surface area (Å²) in [6.07, 6.45) is 4.52. The molecule has 0 atom stereocenters. The number of hydrogen-bond acceptors (Lipinski definition) is 2. The standard InChI is InChI=1S/C13H13NO/c1-3-4-10-5-6-12-11(9-10)13(15-2)7-8-14-12/h3,5-9H,1,4H2,2H3. The van der Waals surface area contributed by atoms with Gasteiger partial charge in [-0.2, -0.15) is 0 Å². The quantitative estimate of drug-likeness (QED) is 0.709. The van der Waals surface area contributed by atoms with Crippen LogP contribution in [0, 0.1) is 0 Å². The fraction of sp³-hybridized carbons (Fsp3) is 0.154. The first-order valence-electron chi connectivity index (χ1n) is 4.87. The van der Waals surface area contributed by atoms with Crippen LogP contribution >= 0.6 is 0 Å². The second-order valence-corrected chi connectivity index (χ2v) is 3.36. The van der Waals surface area contributed by atoms with Crippen molar-refractivity contribution in [3.05, 3.63) is 48.7 Å². The third-order valence-corrected chi connectivity index (χ3v) is 2.37. The highest BCUT2D eigenvalue weighted by Crippen LogP contribution is 2.24. The van der Waals surface area contributed by atoms with Gasteiger partial charge in [0.05, 0.1) is 12.6 Å². The van der Waals surface area contributed by atoms with Crippen LogP contribution in [-0.4, -0.2) is 12.1 Å². The Kier molecular flexibility index (Phi) is 2.68. The zero-order chi connectivity index (χ0) is 10.7. The molecule has 0 fully saturated rings. The number of aromatic nitrogens is 1. The Balaban J connectivity index is 2.61. The van der Waals surface area contributed by atoms with Crippen molar-refractivity contribution in [2.75, 3.05) is 7.11 Å². The van der Waals surface area contributed by atoms with E-state index in [9.17, 15) is 0 Å². The van der Waals surface area contributed by atoms with E-state index >= 15 is 0 Å². The van der Waals surface area contributed by atoms with E-state index < -0.39 is 0 Å². The molecule has 76 valence electrons. The van der Waals surface area contributed by atoms with Crippen LogP contribution in [0.4, 0.5) is 0 Å². The van der Waals surface area contributed by atoms with Crippen molar-refractivity contribution in [1.29, 1.82) is 0 Å². The first-order chi connectivity index (χ1) is 7.35. The molecule has 1 aromatic heterocycles. The summed E-state index contributed by atoms with van der Waals surface area (Å²) in [5, 5.41) is 1.05. The van der Waals surface area contributed by atoms with Gasteiger partial charge in [-0.3, -0.25) is 4.98 Å². The zero-order valence-corrected chi connectivity index (χ0v) is 8.73. The van der Waals surface area contributed by atoms with Crippen LogP contribution in [0.1, 0.15) is 5.56 Å². The largest absolute Gasteiger partial charge is 0.496 e. The molecule has 0 saturated heterocycles. The number of fused-ring (bicyclic) bond motifs is 1. The first-order valence-corrected chi connectivity index (χ1v) is 4.87. The predicted molar refractivity (Wildman–Crippen MR) is 62.2 cm³/mol. The molecule has 0 saturated carbocycles. The number of nitrogens with zero attached hydrogens (tertiary/aromatic N) is 1. The number of hydrogen-bond donors (Lipinski definition) is 0. The lowest BCUT2D eigenvalue weighted by Crippen LogP contribution is -1.88. The van der Waals surface area contributed by atoms with Gasteiger partial charge in [0.25, 0.3) is 0 Å². The number of methoxy groups -OCH3 is 1. The second-order valence-electron chi connectivity index (χ2n) is 3.36. The summed E-state index contributed by atoms with van der Waals surface area (Å²) in [5.41, 5.74) is 2.19. The average Bonchev–Trinajstić information content (AvgIpc) is 2.28. The van der Waals surface area contributed by atoms with Crippen molar-refractivity contribution in [3.8, 4) is 5.75 Å². The zero-order valence-electron chi connectivity index (χ0n) is 8.73. The minimum absolute atomic E-state index is 0.867.